The first-order chi connectivity index (χ1) is 14.0. The zero-order valence-electron chi connectivity index (χ0n) is 22.5. The monoisotopic (exact) mass is 385 g/mol. The lowest BCUT2D eigenvalue weighted by atomic mass is 10.2. The predicted molar refractivity (Wildman–Crippen MR) is 89.2 cm³/mol. The number of carbonyl (C=O) groups is 1. The van der Waals surface area contributed by atoms with Gasteiger partial charge in [-0.2, -0.15) is 0 Å². The molecule has 2 rings (SSSR count). The Morgan fingerprint density at radius 1 is 1.38 bits per heavy atom. The first-order valence-corrected chi connectivity index (χ1v) is 7.00. The molecule has 0 bridgehead atoms. The van der Waals surface area contributed by atoms with Gasteiger partial charge in [-0.1, -0.05) is 11.6 Å². The van der Waals surface area contributed by atoms with Crippen molar-refractivity contribution in [1.29, 1.82) is 0 Å². The van der Waals surface area contributed by atoms with Crippen LogP contribution in [-0.2, 0) is 4.74 Å². The zero-order chi connectivity index (χ0) is 25.4. The van der Waals surface area contributed by atoms with Gasteiger partial charge in [-0.15, -0.1) is 0 Å². The third kappa shape index (κ3) is 4.51. The second-order valence-corrected chi connectivity index (χ2v) is 6.12. The van der Waals surface area contributed by atoms with E-state index in [2.05, 4.69) is 15.9 Å². The average Bonchev–Trinajstić information content (AvgIpc) is 2.58. The highest BCUT2D eigenvalue weighted by molar-refractivity contribution is 9.10. The number of rotatable bonds is 1. The van der Waals surface area contributed by atoms with E-state index in [4.69, 9.17) is 31.4 Å². The lowest BCUT2D eigenvalue weighted by molar-refractivity contribution is 0.0240. The Hall–Kier alpha value is -0.940. The van der Waals surface area contributed by atoms with Crippen LogP contribution in [0.3, 0.4) is 0 Å². The molecule has 0 aromatic heterocycles. The van der Waals surface area contributed by atoms with Crippen molar-refractivity contribution in [1.82, 2.24) is 4.90 Å². The van der Waals surface area contributed by atoms with Crippen LogP contribution in [0.15, 0.2) is 22.6 Å². The Labute approximate surface area is 154 Å². The molecule has 6 heteroatoms. The number of amides is 1. The molecule has 1 amide bonds. The maximum atomic E-state index is 12.7. The number of anilines is 1. The number of carbonyl (C=O) groups excluding carboxylic acids is 1. The molecule has 1 aromatic carbocycles. The van der Waals surface area contributed by atoms with E-state index >= 15 is 0 Å². The van der Waals surface area contributed by atoms with E-state index < -0.39 is 71.0 Å². The number of piperazine rings is 1. The fourth-order valence-corrected chi connectivity index (χ4v) is 2.01. The van der Waals surface area contributed by atoms with Gasteiger partial charge in [0.05, 0.1) is 20.8 Å². The van der Waals surface area contributed by atoms with Gasteiger partial charge in [0, 0.05) is 35.5 Å². The summed E-state index contributed by atoms with van der Waals surface area (Å²) in [5.41, 5.74) is -2.04. The van der Waals surface area contributed by atoms with E-state index in [9.17, 15) is 4.79 Å². The predicted octanol–water partition coefficient (Wildman–Crippen LogP) is 4.16. The third-order valence-electron chi connectivity index (χ3n) is 2.06. The van der Waals surface area contributed by atoms with Gasteiger partial charge in [-0.3, -0.25) is 0 Å². The quantitative estimate of drug-likeness (QED) is 0.726. The summed E-state index contributed by atoms with van der Waals surface area (Å²) in [5, 5.41) is -0.495. The Balaban J connectivity index is 2.89. The van der Waals surface area contributed by atoms with Crippen LogP contribution >= 0.6 is 27.5 Å². The first kappa shape index (κ1) is 7.09. The van der Waals surface area contributed by atoms with Crippen LogP contribution in [-0.4, -0.2) is 42.6 Å². The van der Waals surface area contributed by atoms with Gasteiger partial charge in [0.2, 0.25) is 0 Å². The van der Waals surface area contributed by atoms with Crippen molar-refractivity contribution in [2.24, 2.45) is 0 Å². The Kier molecular flexibility index (Phi) is 2.18. The molecule has 0 saturated carbocycles. The highest BCUT2D eigenvalue weighted by Gasteiger charge is 2.26. The van der Waals surface area contributed by atoms with Gasteiger partial charge in [-0.25, -0.2) is 4.79 Å². The van der Waals surface area contributed by atoms with Crippen LogP contribution < -0.4 is 4.90 Å². The van der Waals surface area contributed by atoms with Crippen molar-refractivity contribution in [2.45, 2.75) is 26.4 Å². The number of hydrogen-bond acceptors (Lipinski definition) is 3. The van der Waals surface area contributed by atoms with Crippen molar-refractivity contribution < 1.29 is 24.6 Å². The minimum Gasteiger partial charge on any atom is -0.444 e. The summed E-state index contributed by atoms with van der Waals surface area (Å²) in [6.07, 6.45) is -1.64. The van der Waals surface area contributed by atoms with Crippen molar-refractivity contribution in [3.05, 3.63) is 27.6 Å². The van der Waals surface area contributed by atoms with Gasteiger partial charge in [0.15, 0.2) is 0 Å². The van der Waals surface area contributed by atoms with Crippen LogP contribution in [0.2, 0.25) is 5.02 Å². The van der Waals surface area contributed by atoms with E-state index in [1.807, 2.05) is 0 Å². The molecule has 1 aliphatic heterocycles. The molecule has 4 nitrogen and oxygen atoms in total. The summed E-state index contributed by atoms with van der Waals surface area (Å²) in [6, 6.07) is -2.25. The molecule has 0 atom stereocenters. The van der Waals surface area contributed by atoms with Crippen LogP contribution in [0.25, 0.3) is 0 Å². The third-order valence-corrected chi connectivity index (χ3v) is 2.83. The Morgan fingerprint density at radius 2 is 2.00 bits per heavy atom. The molecule has 1 heterocycles. The van der Waals surface area contributed by atoms with Crippen LogP contribution in [0.5, 0.6) is 0 Å². The lowest BCUT2D eigenvalue weighted by Crippen LogP contribution is -2.50. The summed E-state index contributed by atoms with van der Waals surface area (Å²) in [5.74, 6) is 0. The molecule has 1 aromatic rings. The van der Waals surface area contributed by atoms with Crippen LogP contribution in [0.1, 0.15) is 35.8 Å². The molecule has 1 aliphatic rings. The zero-order valence-corrected chi connectivity index (χ0v) is 13.8. The summed E-state index contributed by atoms with van der Waals surface area (Å²) in [4.78, 5) is 12.4. The highest BCUT2D eigenvalue weighted by atomic mass is 79.9. The molecule has 1 fully saturated rings. The number of hydrogen-bond donors (Lipinski definition) is 0. The van der Waals surface area contributed by atoms with E-state index in [-0.39, 0.29) is 9.80 Å². The molecule has 1 saturated heterocycles. The molecule has 0 unspecified atom stereocenters. The van der Waals surface area contributed by atoms with E-state index in [1.165, 1.54) is 20.8 Å². The van der Waals surface area contributed by atoms with Crippen molar-refractivity contribution >= 4 is 39.3 Å². The first-order valence-electron chi connectivity index (χ1n) is 11.3. The smallest absolute Gasteiger partial charge is 0.410 e. The topological polar surface area (TPSA) is 32.8 Å². The van der Waals surface area contributed by atoms with Crippen molar-refractivity contribution in [2.75, 3.05) is 30.9 Å². The fraction of sp³-hybridized carbons (Fsp3) is 0.533. The van der Waals surface area contributed by atoms with Gasteiger partial charge in [-0.05, 0) is 54.8 Å². The minimum absolute atomic E-state index is 0.0142. The molecule has 21 heavy (non-hydrogen) atoms. The van der Waals surface area contributed by atoms with Gasteiger partial charge in [0.1, 0.15) is 5.60 Å². The molecule has 0 radical (unpaired) electrons. The minimum atomic E-state index is -3.54. The Bertz CT molecular complexity index is 911. The SMILES string of the molecule is [2H]c1c([2H])c(N2C([2H])([2H])C([2H])([2H])N(C(=O)OC(C)(C)C)C([2H])([2H])C2([2H])[2H])c(Br)c([2H])c1Cl. The molecule has 0 aliphatic carbocycles. The summed E-state index contributed by atoms with van der Waals surface area (Å²) in [7, 11) is 0. The summed E-state index contributed by atoms with van der Waals surface area (Å²) in [6.45, 7) is -9.86. The van der Waals surface area contributed by atoms with Gasteiger partial charge < -0.3 is 14.5 Å². The standard InChI is InChI=1S/C15H20BrClN2O2/c1-15(2,3)21-14(20)19-8-6-18(7-9-19)13-5-4-11(17)10-12(13)16/h4-5,10H,6-9H2,1-3H3/i4D,5D,6D2,7D2,8D2,9D2,10D. The average molecular weight is 387 g/mol. The van der Waals surface area contributed by atoms with Crippen LogP contribution in [0.4, 0.5) is 10.5 Å². The van der Waals surface area contributed by atoms with Gasteiger partial charge >= 0.3 is 6.09 Å². The molecule has 0 N–H and O–H groups in total. The molecular weight excluding hydrogens is 356 g/mol. The number of benzene rings is 1. The summed E-state index contributed by atoms with van der Waals surface area (Å²) >= 11 is 8.74. The fourth-order valence-electron chi connectivity index (χ4n) is 1.28. The maximum Gasteiger partial charge on any atom is 0.410 e. The highest BCUT2D eigenvalue weighted by Crippen LogP contribution is 2.30. The molecule has 0 spiro atoms. The Morgan fingerprint density at radius 3 is 2.57 bits per heavy atom. The molecular formula is C15H20BrClN2O2. The van der Waals surface area contributed by atoms with Crippen LogP contribution in [0, 0.1) is 0 Å². The van der Waals surface area contributed by atoms with Gasteiger partial charge in [0.25, 0.3) is 0 Å². The largest absolute Gasteiger partial charge is 0.444 e. The maximum absolute atomic E-state index is 12.7. The second-order valence-electron chi connectivity index (χ2n) is 4.95. The molecule has 116 valence electrons. The number of halogens is 2. The van der Waals surface area contributed by atoms with Crippen molar-refractivity contribution in [3.8, 4) is 0 Å². The van der Waals surface area contributed by atoms with E-state index in [1.54, 1.807) is 0 Å². The van der Waals surface area contributed by atoms with E-state index in [0.717, 1.165) is 0 Å². The van der Waals surface area contributed by atoms with Crippen molar-refractivity contribution in [3.63, 3.8) is 0 Å². The summed E-state index contributed by atoms with van der Waals surface area (Å²) < 4.78 is 95.4. The second kappa shape index (κ2) is 6.44. The number of ether oxygens (including phenoxy) is 1. The normalized spacial score (nSPS) is 33.3. The van der Waals surface area contributed by atoms with E-state index in [0.29, 0.717) is 0 Å². The number of nitrogens with zero attached hydrogens (tertiary/aromatic N) is 2. The lowest BCUT2D eigenvalue weighted by Gasteiger charge is -2.37.